The van der Waals surface area contributed by atoms with Crippen LogP contribution in [0.4, 0.5) is 5.69 Å². The Hall–Kier alpha value is -4.48. The molecule has 0 radical (unpaired) electrons. The Balaban J connectivity index is 1.55. The maximum Gasteiger partial charge on any atom is 0.187 e. The van der Waals surface area contributed by atoms with Gasteiger partial charge in [0.2, 0.25) is 0 Å². The third-order valence-electron chi connectivity index (χ3n) is 8.60. The highest BCUT2D eigenvalue weighted by molar-refractivity contribution is 6.35. The Morgan fingerprint density at radius 1 is 0.825 bits per heavy atom. The lowest BCUT2D eigenvalue weighted by atomic mass is 9.64. The number of fused-ring (bicyclic) bond motifs is 5. The van der Waals surface area contributed by atoms with Crippen molar-refractivity contribution in [3.8, 4) is 5.75 Å². The molecule has 196 valence electrons. The molecule has 6 heteroatoms. The second-order valence-corrected chi connectivity index (χ2v) is 10.8. The van der Waals surface area contributed by atoms with Crippen LogP contribution in [0.15, 0.2) is 103 Å². The van der Waals surface area contributed by atoms with Gasteiger partial charge in [-0.3, -0.25) is 14.4 Å². The lowest BCUT2D eigenvalue weighted by molar-refractivity contribution is 0.0666. The first-order valence-electron chi connectivity index (χ1n) is 13.2. The van der Waals surface area contributed by atoms with Gasteiger partial charge < -0.3 is 9.64 Å². The fourth-order valence-electron chi connectivity index (χ4n) is 6.92. The summed E-state index contributed by atoms with van der Waals surface area (Å²) >= 11 is 6.58. The lowest BCUT2D eigenvalue weighted by Gasteiger charge is -2.37. The summed E-state index contributed by atoms with van der Waals surface area (Å²) in [5.41, 5.74) is 2.01. The van der Waals surface area contributed by atoms with Gasteiger partial charge in [-0.2, -0.15) is 0 Å². The number of ketones is 3. The third kappa shape index (κ3) is 3.18. The normalized spacial score (nSPS) is 21.8. The van der Waals surface area contributed by atoms with Gasteiger partial charge in [0.25, 0.3) is 0 Å². The zero-order chi connectivity index (χ0) is 27.6. The number of anilines is 1. The monoisotopic (exact) mass is 545 g/mol. The zero-order valence-electron chi connectivity index (χ0n) is 21.6. The fourth-order valence-corrected chi connectivity index (χ4v) is 7.15. The number of hydrogen-bond donors (Lipinski definition) is 0. The van der Waals surface area contributed by atoms with E-state index in [1.807, 2.05) is 53.5 Å². The summed E-state index contributed by atoms with van der Waals surface area (Å²) in [5.74, 6) is -0.921. The minimum absolute atomic E-state index is 0.241. The van der Waals surface area contributed by atoms with Crippen molar-refractivity contribution in [3.05, 3.63) is 136 Å². The van der Waals surface area contributed by atoms with Gasteiger partial charge in [0.1, 0.15) is 17.2 Å². The molecule has 2 heterocycles. The molecular formula is C34H24ClNO4. The molecule has 0 aromatic heterocycles. The molecule has 1 spiro atoms. The van der Waals surface area contributed by atoms with Crippen LogP contribution in [0.1, 0.15) is 48.1 Å². The highest BCUT2D eigenvalue weighted by Gasteiger charge is 2.71. The second kappa shape index (κ2) is 9.04. The van der Waals surface area contributed by atoms with Crippen molar-refractivity contribution in [2.24, 2.45) is 5.41 Å². The molecule has 0 N–H and O–H groups in total. The third-order valence-corrected chi connectivity index (χ3v) is 8.93. The van der Waals surface area contributed by atoms with Crippen molar-refractivity contribution < 1.29 is 19.1 Å². The van der Waals surface area contributed by atoms with E-state index in [-0.39, 0.29) is 17.3 Å². The van der Waals surface area contributed by atoms with Crippen LogP contribution in [0, 0.1) is 5.41 Å². The Morgan fingerprint density at radius 3 is 2.12 bits per heavy atom. The SMILES string of the molecule is COc1ccc([C@@H]2[C@@H](C(=O)c3ccccc3Cl)N3c4ccccc4C=C[C@H]3C23C(=O)c2ccccc2C3=O)cc1. The Bertz CT molecular complexity index is 1710. The summed E-state index contributed by atoms with van der Waals surface area (Å²) in [4.78, 5) is 45.9. The van der Waals surface area contributed by atoms with E-state index in [1.54, 1.807) is 67.8 Å². The quantitative estimate of drug-likeness (QED) is 0.212. The summed E-state index contributed by atoms with van der Waals surface area (Å²) < 4.78 is 5.40. The second-order valence-electron chi connectivity index (χ2n) is 10.4. The fraction of sp³-hybridized carbons (Fsp3) is 0.147. The number of halogens is 1. The van der Waals surface area contributed by atoms with Crippen LogP contribution >= 0.6 is 11.6 Å². The molecule has 4 aromatic rings. The van der Waals surface area contributed by atoms with Crippen LogP contribution < -0.4 is 9.64 Å². The van der Waals surface area contributed by atoms with E-state index in [0.717, 1.165) is 11.3 Å². The van der Waals surface area contributed by atoms with E-state index in [4.69, 9.17) is 16.3 Å². The molecule has 7 rings (SSSR count). The van der Waals surface area contributed by atoms with Gasteiger partial charge in [-0.05, 0) is 41.5 Å². The van der Waals surface area contributed by atoms with E-state index < -0.39 is 23.4 Å². The highest BCUT2D eigenvalue weighted by Crippen LogP contribution is 2.61. The van der Waals surface area contributed by atoms with Gasteiger partial charge in [-0.25, -0.2) is 0 Å². The van der Waals surface area contributed by atoms with E-state index in [0.29, 0.717) is 33.0 Å². The molecule has 0 amide bonds. The maximum atomic E-state index is 14.7. The van der Waals surface area contributed by atoms with Crippen molar-refractivity contribution in [3.63, 3.8) is 0 Å². The van der Waals surface area contributed by atoms with Crippen LogP contribution in [0.3, 0.4) is 0 Å². The summed E-state index contributed by atoms with van der Waals surface area (Å²) in [7, 11) is 1.58. The zero-order valence-corrected chi connectivity index (χ0v) is 22.3. The van der Waals surface area contributed by atoms with Crippen LogP contribution in [0.5, 0.6) is 5.75 Å². The number of carbonyl (C=O) groups is 3. The first-order valence-corrected chi connectivity index (χ1v) is 13.5. The molecule has 0 unspecified atom stereocenters. The number of methoxy groups -OCH3 is 1. The number of hydrogen-bond acceptors (Lipinski definition) is 5. The average Bonchev–Trinajstić information content (AvgIpc) is 3.43. The van der Waals surface area contributed by atoms with E-state index >= 15 is 0 Å². The number of ether oxygens (including phenoxy) is 1. The predicted molar refractivity (Wildman–Crippen MR) is 155 cm³/mol. The molecule has 4 aromatic carbocycles. The molecule has 40 heavy (non-hydrogen) atoms. The predicted octanol–water partition coefficient (Wildman–Crippen LogP) is 6.66. The molecule has 0 saturated carbocycles. The highest BCUT2D eigenvalue weighted by atomic mass is 35.5. The van der Waals surface area contributed by atoms with Gasteiger partial charge in [-0.1, -0.05) is 90.5 Å². The standard InChI is InChI=1S/C34H24ClNO4/c1-40-22-17-14-21(15-18-22)29-30(31(37)25-11-5-6-12-26(25)35)36-27-13-7-2-8-20(27)16-19-28(36)34(29)32(38)23-9-3-4-10-24(23)33(34)39/h2-19,28-30H,1H3/t28-,29+,30-/m0/s1. The van der Waals surface area contributed by atoms with Gasteiger partial charge in [0, 0.05) is 28.3 Å². The minimum Gasteiger partial charge on any atom is -0.497 e. The van der Waals surface area contributed by atoms with Crippen molar-refractivity contribution in [1.29, 1.82) is 0 Å². The number of benzene rings is 4. The van der Waals surface area contributed by atoms with E-state index in [1.165, 1.54) is 0 Å². The molecular weight excluding hydrogens is 522 g/mol. The summed E-state index contributed by atoms with van der Waals surface area (Å²) in [6, 6.07) is 27.4. The number of carbonyl (C=O) groups excluding carboxylic acids is 3. The van der Waals surface area contributed by atoms with Crippen LogP contribution in [0.2, 0.25) is 5.02 Å². The molecule has 1 aliphatic carbocycles. The molecule has 0 bridgehead atoms. The number of para-hydroxylation sites is 1. The maximum absolute atomic E-state index is 14.7. The number of Topliss-reactive ketones (excluding diaryl/α,β-unsaturated/α-hetero) is 3. The average molecular weight is 546 g/mol. The minimum atomic E-state index is -1.55. The van der Waals surface area contributed by atoms with Crippen molar-refractivity contribution in [2.45, 2.75) is 18.0 Å². The van der Waals surface area contributed by atoms with Gasteiger partial charge >= 0.3 is 0 Å². The van der Waals surface area contributed by atoms with Gasteiger partial charge in [-0.15, -0.1) is 0 Å². The van der Waals surface area contributed by atoms with Crippen LogP contribution in [-0.2, 0) is 0 Å². The Morgan fingerprint density at radius 2 is 1.45 bits per heavy atom. The van der Waals surface area contributed by atoms with Crippen LogP contribution in [-0.4, -0.2) is 36.5 Å². The number of rotatable bonds is 4. The van der Waals surface area contributed by atoms with E-state index in [9.17, 15) is 14.4 Å². The summed E-state index contributed by atoms with van der Waals surface area (Å²) in [6.07, 6.45) is 3.87. The summed E-state index contributed by atoms with van der Waals surface area (Å²) in [5, 5.41) is 0.326. The van der Waals surface area contributed by atoms with Crippen molar-refractivity contribution in [2.75, 3.05) is 12.0 Å². The first kappa shape index (κ1) is 24.6. The molecule has 3 atom stereocenters. The molecule has 3 aliphatic rings. The van der Waals surface area contributed by atoms with Crippen molar-refractivity contribution in [1.82, 2.24) is 0 Å². The first-order chi connectivity index (χ1) is 19.5. The van der Waals surface area contributed by atoms with Gasteiger partial charge in [0.15, 0.2) is 17.3 Å². The molecule has 1 fully saturated rings. The smallest absolute Gasteiger partial charge is 0.187 e. The molecule has 2 aliphatic heterocycles. The molecule has 1 saturated heterocycles. The summed E-state index contributed by atoms with van der Waals surface area (Å²) in [6.45, 7) is 0. The van der Waals surface area contributed by atoms with Crippen LogP contribution in [0.25, 0.3) is 6.08 Å². The topological polar surface area (TPSA) is 63.7 Å². The van der Waals surface area contributed by atoms with E-state index in [2.05, 4.69) is 0 Å². The lowest BCUT2D eigenvalue weighted by Crippen LogP contribution is -2.48. The number of nitrogens with zero attached hydrogens (tertiary/aromatic N) is 1. The Labute approximate surface area is 236 Å². The largest absolute Gasteiger partial charge is 0.497 e. The van der Waals surface area contributed by atoms with Gasteiger partial charge in [0.05, 0.1) is 18.2 Å². The van der Waals surface area contributed by atoms with Crippen molar-refractivity contribution >= 4 is 40.7 Å². The Kier molecular flexibility index (Phi) is 5.55. The molecule has 5 nitrogen and oxygen atoms in total.